The summed E-state index contributed by atoms with van der Waals surface area (Å²) in [6.07, 6.45) is 6.49. The van der Waals surface area contributed by atoms with Gasteiger partial charge >= 0.3 is 0 Å². The predicted octanol–water partition coefficient (Wildman–Crippen LogP) is 3.71. The minimum atomic E-state index is -0.0502. The van der Waals surface area contributed by atoms with Crippen molar-refractivity contribution in [3.05, 3.63) is 35.6 Å². The van der Waals surface area contributed by atoms with Crippen molar-refractivity contribution < 1.29 is 4.39 Å². The van der Waals surface area contributed by atoms with Crippen LogP contribution in [0.5, 0.6) is 0 Å². The second-order valence-electron chi connectivity index (χ2n) is 5.16. The van der Waals surface area contributed by atoms with Gasteiger partial charge in [0.2, 0.25) is 0 Å². The normalized spacial score (nSPS) is 18.5. The van der Waals surface area contributed by atoms with E-state index in [9.17, 15) is 4.39 Å². The Labute approximate surface area is 103 Å². The fourth-order valence-corrected chi connectivity index (χ4v) is 3.02. The Hall–Kier alpha value is -0.890. The molecule has 2 heteroatoms. The summed E-state index contributed by atoms with van der Waals surface area (Å²) in [4.78, 5) is 0. The molecule has 1 atom stereocenters. The van der Waals surface area contributed by atoms with Crippen LogP contribution in [0.15, 0.2) is 24.3 Å². The Morgan fingerprint density at radius 2 is 2.00 bits per heavy atom. The highest BCUT2D eigenvalue weighted by atomic mass is 19.1. The summed E-state index contributed by atoms with van der Waals surface area (Å²) >= 11 is 0. The average Bonchev–Trinajstić information content (AvgIpc) is 2.82. The van der Waals surface area contributed by atoms with Crippen LogP contribution in [0.3, 0.4) is 0 Å². The Kier molecular flexibility index (Phi) is 4.55. The number of benzene rings is 1. The van der Waals surface area contributed by atoms with E-state index < -0.39 is 0 Å². The Morgan fingerprint density at radius 1 is 1.29 bits per heavy atom. The first-order valence-electron chi connectivity index (χ1n) is 6.70. The van der Waals surface area contributed by atoms with E-state index in [1.54, 1.807) is 12.1 Å². The zero-order valence-corrected chi connectivity index (χ0v) is 10.6. The van der Waals surface area contributed by atoms with Gasteiger partial charge in [-0.05, 0) is 36.9 Å². The van der Waals surface area contributed by atoms with Crippen LogP contribution in [0.1, 0.15) is 43.6 Å². The molecule has 0 spiro atoms. The summed E-state index contributed by atoms with van der Waals surface area (Å²) in [5.41, 5.74) is 0.883. The second-order valence-corrected chi connectivity index (χ2v) is 5.16. The van der Waals surface area contributed by atoms with Crippen molar-refractivity contribution >= 4 is 0 Å². The van der Waals surface area contributed by atoms with Crippen molar-refractivity contribution in [2.24, 2.45) is 5.92 Å². The standard InChI is InChI=1S/C15H22FN/c1-17-11-13(10-12-6-2-3-7-12)14-8-4-5-9-15(14)16/h4-5,8-9,12-13,17H,2-3,6-7,10-11H2,1H3. The van der Waals surface area contributed by atoms with E-state index in [0.717, 1.165) is 24.4 Å². The minimum absolute atomic E-state index is 0.0502. The Balaban J connectivity index is 2.08. The fraction of sp³-hybridized carbons (Fsp3) is 0.600. The summed E-state index contributed by atoms with van der Waals surface area (Å²) in [5.74, 6) is 1.07. The van der Waals surface area contributed by atoms with Crippen molar-refractivity contribution in [3.63, 3.8) is 0 Å². The molecule has 1 aromatic carbocycles. The van der Waals surface area contributed by atoms with Crippen LogP contribution >= 0.6 is 0 Å². The molecule has 17 heavy (non-hydrogen) atoms. The molecule has 1 aromatic rings. The van der Waals surface area contributed by atoms with E-state index >= 15 is 0 Å². The van der Waals surface area contributed by atoms with Gasteiger partial charge in [0.05, 0.1) is 0 Å². The van der Waals surface area contributed by atoms with E-state index in [1.165, 1.54) is 25.7 Å². The van der Waals surface area contributed by atoms with Crippen molar-refractivity contribution in [3.8, 4) is 0 Å². The van der Waals surface area contributed by atoms with Crippen LogP contribution in [-0.2, 0) is 0 Å². The Bertz CT molecular complexity index is 345. The van der Waals surface area contributed by atoms with Crippen LogP contribution in [0, 0.1) is 11.7 Å². The molecule has 0 radical (unpaired) electrons. The largest absolute Gasteiger partial charge is 0.319 e. The molecule has 0 bridgehead atoms. The number of rotatable bonds is 5. The number of halogens is 1. The molecular weight excluding hydrogens is 213 g/mol. The summed E-state index contributed by atoms with van der Waals surface area (Å²) in [5, 5.41) is 3.20. The van der Waals surface area contributed by atoms with E-state index in [4.69, 9.17) is 0 Å². The first-order valence-corrected chi connectivity index (χ1v) is 6.70. The van der Waals surface area contributed by atoms with Crippen molar-refractivity contribution in [2.75, 3.05) is 13.6 Å². The van der Waals surface area contributed by atoms with Crippen LogP contribution in [0.2, 0.25) is 0 Å². The maximum Gasteiger partial charge on any atom is 0.126 e. The van der Waals surface area contributed by atoms with E-state index in [-0.39, 0.29) is 5.82 Å². The lowest BCUT2D eigenvalue weighted by Crippen LogP contribution is -2.20. The van der Waals surface area contributed by atoms with Crippen LogP contribution in [0.25, 0.3) is 0 Å². The number of hydrogen-bond donors (Lipinski definition) is 1. The first kappa shape index (κ1) is 12.6. The molecule has 1 N–H and O–H groups in total. The molecule has 0 amide bonds. The molecule has 2 rings (SSSR count). The summed E-state index contributed by atoms with van der Waals surface area (Å²) in [6, 6.07) is 7.22. The van der Waals surface area contributed by atoms with Gasteiger partial charge < -0.3 is 5.32 Å². The molecule has 0 aliphatic heterocycles. The zero-order chi connectivity index (χ0) is 12.1. The average molecular weight is 235 g/mol. The predicted molar refractivity (Wildman–Crippen MR) is 69.6 cm³/mol. The van der Waals surface area contributed by atoms with Gasteiger partial charge in [0.15, 0.2) is 0 Å². The van der Waals surface area contributed by atoms with Gasteiger partial charge in [-0.2, -0.15) is 0 Å². The van der Waals surface area contributed by atoms with Gasteiger partial charge in [0.25, 0.3) is 0 Å². The molecule has 1 aliphatic rings. The molecule has 94 valence electrons. The number of likely N-dealkylation sites (N-methyl/N-ethyl adjacent to an activating group) is 1. The van der Waals surface area contributed by atoms with Crippen LogP contribution < -0.4 is 5.32 Å². The van der Waals surface area contributed by atoms with Gasteiger partial charge in [-0.1, -0.05) is 43.9 Å². The molecule has 1 aliphatic carbocycles. The van der Waals surface area contributed by atoms with Gasteiger partial charge in [-0.15, -0.1) is 0 Å². The van der Waals surface area contributed by atoms with Gasteiger partial charge in [-0.25, -0.2) is 4.39 Å². The Morgan fingerprint density at radius 3 is 2.65 bits per heavy atom. The molecule has 0 aromatic heterocycles. The van der Waals surface area contributed by atoms with Gasteiger partial charge in [0.1, 0.15) is 5.82 Å². The minimum Gasteiger partial charge on any atom is -0.319 e. The molecule has 0 heterocycles. The van der Waals surface area contributed by atoms with Gasteiger partial charge in [-0.3, -0.25) is 0 Å². The molecular formula is C15H22FN. The smallest absolute Gasteiger partial charge is 0.126 e. The SMILES string of the molecule is CNCC(CC1CCCC1)c1ccccc1F. The van der Waals surface area contributed by atoms with Gasteiger partial charge in [0, 0.05) is 6.54 Å². The van der Waals surface area contributed by atoms with Crippen molar-refractivity contribution in [1.82, 2.24) is 5.32 Å². The molecule has 1 saturated carbocycles. The van der Waals surface area contributed by atoms with Crippen LogP contribution in [-0.4, -0.2) is 13.6 Å². The quantitative estimate of drug-likeness (QED) is 0.820. The summed E-state index contributed by atoms with van der Waals surface area (Å²) in [7, 11) is 1.95. The summed E-state index contributed by atoms with van der Waals surface area (Å²) < 4.78 is 13.8. The number of hydrogen-bond acceptors (Lipinski definition) is 1. The van der Waals surface area contributed by atoms with E-state index in [0.29, 0.717) is 5.92 Å². The fourth-order valence-electron chi connectivity index (χ4n) is 3.02. The third kappa shape index (κ3) is 3.29. The maximum atomic E-state index is 13.8. The number of nitrogens with one attached hydrogen (secondary N) is 1. The zero-order valence-electron chi connectivity index (χ0n) is 10.6. The highest BCUT2D eigenvalue weighted by Crippen LogP contribution is 2.34. The van der Waals surface area contributed by atoms with Crippen molar-refractivity contribution in [1.29, 1.82) is 0 Å². The van der Waals surface area contributed by atoms with E-state index in [2.05, 4.69) is 5.32 Å². The highest BCUT2D eigenvalue weighted by Gasteiger charge is 2.22. The lowest BCUT2D eigenvalue weighted by Gasteiger charge is -2.21. The maximum absolute atomic E-state index is 13.8. The highest BCUT2D eigenvalue weighted by molar-refractivity contribution is 5.22. The third-order valence-corrected chi connectivity index (χ3v) is 3.89. The second kappa shape index (κ2) is 6.15. The lowest BCUT2D eigenvalue weighted by molar-refractivity contribution is 0.425. The van der Waals surface area contributed by atoms with Crippen LogP contribution in [0.4, 0.5) is 4.39 Å². The topological polar surface area (TPSA) is 12.0 Å². The monoisotopic (exact) mass is 235 g/mol. The molecule has 1 nitrogen and oxygen atoms in total. The molecule has 1 unspecified atom stereocenters. The lowest BCUT2D eigenvalue weighted by atomic mass is 9.87. The molecule has 0 saturated heterocycles. The van der Waals surface area contributed by atoms with Crippen molar-refractivity contribution in [2.45, 2.75) is 38.0 Å². The van der Waals surface area contributed by atoms with E-state index in [1.807, 2.05) is 19.2 Å². The third-order valence-electron chi connectivity index (χ3n) is 3.89. The summed E-state index contributed by atoms with van der Waals surface area (Å²) in [6.45, 7) is 0.872. The molecule has 1 fully saturated rings. The first-order chi connectivity index (χ1) is 8.31.